The summed E-state index contributed by atoms with van der Waals surface area (Å²) in [6, 6.07) is 18.5. The van der Waals surface area contributed by atoms with Crippen LogP contribution in [0.25, 0.3) is 6.08 Å². The van der Waals surface area contributed by atoms with Gasteiger partial charge in [0.1, 0.15) is 24.6 Å². The first-order valence-corrected chi connectivity index (χ1v) is 12.7. The van der Waals surface area contributed by atoms with Crippen LogP contribution >= 0.6 is 23.8 Å². The Bertz CT molecular complexity index is 1460. The Morgan fingerprint density at radius 1 is 1.08 bits per heavy atom. The fourth-order valence-electron chi connectivity index (χ4n) is 3.89. The molecule has 0 radical (unpaired) electrons. The van der Waals surface area contributed by atoms with Crippen molar-refractivity contribution in [1.82, 2.24) is 4.90 Å². The van der Waals surface area contributed by atoms with Crippen molar-refractivity contribution in [3.05, 3.63) is 104 Å². The largest absolute Gasteiger partial charge is 0.487 e. The van der Waals surface area contributed by atoms with Crippen molar-refractivity contribution in [2.75, 3.05) is 18.6 Å². The van der Waals surface area contributed by atoms with Gasteiger partial charge < -0.3 is 14.4 Å². The second-order valence-electron chi connectivity index (χ2n) is 8.54. The topological polar surface area (TPSA) is 102 Å². The zero-order valence-corrected chi connectivity index (χ0v) is 22.7. The number of rotatable bonds is 9. The van der Waals surface area contributed by atoms with Crippen molar-refractivity contribution in [3.63, 3.8) is 0 Å². The first-order valence-electron chi connectivity index (χ1n) is 11.9. The van der Waals surface area contributed by atoms with E-state index < -0.39 is 10.9 Å². The number of halogens is 1. The first kappa shape index (κ1) is 27.7. The quantitative estimate of drug-likeness (QED) is 0.110. The van der Waals surface area contributed by atoms with Crippen molar-refractivity contribution < 1.29 is 24.0 Å². The molecular weight excluding hydrogens is 542 g/mol. The number of carbonyl (C=O) groups excluding carboxylic acids is 2. The minimum atomic E-state index is -0.549. The third-order valence-electron chi connectivity index (χ3n) is 6.05. The van der Waals surface area contributed by atoms with Gasteiger partial charge in [-0.2, -0.15) is 0 Å². The second kappa shape index (κ2) is 12.1. The molecule has 0 unspecified atom stereocenters. The Kier molecular flexibility index (Phi) is 8.58. The summed E-state index contributed by atoms with van der Waals surface area (Å²) >= 11 is 12.0. The van der Waals surface area contributed by atoms with Crippen molar-refractivity contribution in [2.45, 2.75) is 20.0 Å². The van der Waals surface area contributed by atoms with E-state index in [0.29, 0.717) is 22.0 Å². The lowest BCUT2D eigenvalue weighted by Crippen LogP contribution is -2.35. The number of aryl methyl sites for hydroxylation is 1. The number of ether oxygens (including phenoxy) is 2. The zero-order chi connectivity index (χ0) is 28.1. The van der Waals surface area contributed by atoms with Crippen LogP contribution in [0.15, 0.2) is 72.4 Å². The van der Waals surface area contributed by atoms with E-state index in [0.717, 1.165) is 17.5 Å². The van der Waals surface area contributed by atoms with Gasteiger partial charge in [-0.25, -0.2) is 0 Å². The number of thiocarbonyl (C=S) groups is 1. The van der Waals surface area contributed by atoms with E-state index in [4.69, 9.17) is 33.3 Å². The van der Waals surface area contributed by atoms with Crippen LogP contribution in [0.1, 0.15) is 23.6 Å². The molecule has 1 amide bonds. The summed E-state index contributed by atoms with van der Waals surface area (Å²) in [7, 11) is 1.27. The molecule has 0 atom stereocenters. The molecule has 200 valence electrons. The second-order valence-corrected chi connectivity index (χ2v) is 9.31. The molecule has 3 aromatic carbocycles. The van der Waals surface area contributed by atoms with Gasteiger partial charge in [0.2, 0.25) is 0 Å². The van der Waals surface area contributed by atoms with E-state index in [1.54, 1.807) is 36.4 Å². The number of anilines is 1. The van der Waals surface area contributed by atoms with Crippen molar-refractivity contribution in [1.29, 1.82) is 0 Å². The van der Waals surface area contributed by atoms with Gasteiger partial charge >= 0.3 is 5.97 Å². The summed E-state index contributed by atoms with van der Waals surface area (Å²) in [6.07, 6.45) is 2.45. The number of nitro benzene ring substituents is 1. The molecule has 39 heavy (non-hydrogen) atoms. The van der Waals surface area contributed by atoms with Crippen LogP contribution in [-0.4, -0.2) is 40.5 Å². The maximum atomic E-state index is 13.5. The number of amides is 1. The molecule has 11 heteroatoms. The maximum Gasteiger partial charge on any atom is 0.325 e. The van der Waals surface area contributed by atoms with Gasteiger partial charge in [-0.05, 0) is 77.8 Å². The van der Waals surface area contributed by atoms with Crippen LogP contribution in [-0.2, 0) is 27.4 Å². The van der Waals surface area contributed by atoms with E-state index >= 15 is 0 Å². The molecule has 0 spiro atoms. The summed E-state index contributed by atoms with van der Waals surface area (Å²) in [5.41, 5.74) is 3.22. The summed E-state index contributed by atoms with van der Waals surface area (Å²) in [5.74, 6) is -0.537. The maximum absolute atomic E-state index is 13.5. The highest BCUT2D eigenvalue weighted by atomic mass is 35.5. The number of hydrogen-bond donors (Lipinski definition) is 0. The summed E-state index contributed by atoms with van der Waals surface area (Å²) < 4.78 is 10.6. The van der Waals surface area contributed by atoms with Gasteiger partial charge in [0.15, 0.2) is 5.11 Å². The predicted octanol–water partition coefficient (Wildman–Crippen LogP) is 5.54. The highest BCUT2D eigenvalue weighted by molar-refractivity contribution is 7.80. The van der Waals surface area contributed by atoms with Gasteiger partial charge in [-0.3, -0.25) is 24.6 Å². The highest BCUT2D eigenvalue weighted by Crippen LogP contribution is 2.32. The third-order valence-corrected chi connectivity index (χ3v) is 6.75. The average Bonchev–Trinajstić information content (AvgIpc) is 3.16. The molecule has 4 rings (SSSR count). The summed E-state index contributed by atoms with van der Waals surface area (Å²) in [6.45, 7) is 1.96. The van der Waals surface area contributed by atoms with Crippen LogP contribution in [0.4, 0.5) is 11.4 Å². The van der Waals surface area contributed by atoms with Gasteiger partial charge in [-0.1, -0.05) is 36.7 Å². The molecule has 9 nitrogen and oxygen atoms in total. The first-order chi connectivity index (χ1) is 18.7. The number of nitrogens with zero attached hydrogens (tertiary/aromatic N) is 3. The molecule has 1 aliphatic heterocycles. The number of non-ortho nitro benzene ring substituents is 1. The smallest absolute Gasteiger partial charge is 0.325 e. The Morgan fingerprint density at radius 3 is 2.33 bits per heavy atom. The lowest BCUT2D eigenvalue weighted by atomic mass is 10.1. The van der Waals surface area contributed by atoms with Crippen LogP contribution in [0, 0.1) is 10.1 Å². The molecule has 0 N–H and O–H groups in total. The number of benzene rings is 3. The molecular formula is C28H24ClN3O6S. The van der Waals surface area contributed by atoms with E-state index in [9.17, 15) is 19.7 Å². The molecule has 1 aliphatic rings. The molecule has 1 heterocycles. The third kappa shape index (κ3) is 6.24. The number of methoxy groups -OCH3 is 1. The van der Waals surface area contributed by atoms with E-state index in [1.165, 1.54) is 29.0 Å². The van der Waals surface area contributed by atoms with E-state index in [-0.39, 0.29) is 35.6 Å². The van der Waals surface area contributed by atoms with Gasteiger partial charge in [0.05, 0.1) is 22.7 Å². The van der Waals surface area contributed by atoms with Crippen LogP contribution in [0.5, 0.6) is 5.75 Å². The normalized spacial score (nSPS) is 14.2. The fraction of sp³-hybridized carbons (Fsp3) is 0.179. The van der Waals surface area contributed by atoms with Crippen molar-refractivity contribution in [3.8, 4) is 5.75 Å². The fourth-order valence-corrected chi connectivity index (χ4v) is 4.49. The Balaban J connectivity index is 1.58. The van der Waals surface area contributed by atoms with E-state index in [1.807, 2.05) is 31.2 Å². The Morgan fingerprint density at radius 2 is 1.74 bits per heavy atom. The van der Waals surface area contributed by atoms with Crippen LogP contribution in [0.3, 0.4) is 0 Å². The molecule has 3 aromatic rings. The zero-order valence-electron chi connectivity index (χ0n) is 21.1. The summed E-state index contributed by atoms with van der Waals surface area (Å²) in [5, 5.41) is 11.3. The number of esters is 1. The van der Waals surface area contributed by atoms with Crippen molar-refractivity contribution in [2.24, 2.45) is 0 Å². The van der Waals surface area contributed by atoms with Crippen LogP contribution < -0.4 is 9.64 Å². The highest BCUT2D eigenvalue weighted by Gasteiger charge is 2.40. The minimum Gasteiger partial charge on any atom is -0.487 e. The lowest BCUT2D eigenvalue weighted by Gasteiger charge is -2.19. The minimum absolute atomic E-state index is 0.00658. The SMILES string of the molecule is CCc1ccc(N2C(=O)/C(=C/c3ccc(OCc4ccc([N+](=O)[O-])cc4)c(Cl)c3)N(CC(=O)OC)C2=S)cc1. The number of hydrogen-bond acceptors (Lipinski definition) is 7. The van der Waals surface area contributed by atoms with Gasteiger partial charge in [0.25, 0.3) is 11.6 Å². The Hall–Kier alpha value is -4.28. The van der Waals surface area contributed by atoms with Crippen LogP contribution in [0.2, 0.25) is 5.02 Å². The lowest BCUT2D eigenvalue weighted by molar-refractivity contribution is -0.384. The van der Waals surface area contributed by atoms with Crippen molar-refractivity contribution >= 4 is 58.3 Å². The van der Waals surface area contributed by atoms with Gasteiger partial charge in [0, 0.05) is 12.1 Å². The molecule has 1 saturated heterocycles. The number of nitro groups is 1. The van der Waals surface area contributed by atoms with E-state index in [2.05, 4.69) is 0 Å². The predicted molar refractivity (Wildman–Crippen MR) is 151 cm³/mol. The molecule has 0 aliphatic carbocycles. The monoisotopic (exact) mass is 565 g/mol. The molecule has 0 aromatic heterocycles. The summed E-state index contributed by atoms with van der Waals surface area (Å²) in [4.78, 5) is 38.8. The molecule has 1 fully saturated rings. The standard InChI is InChI=1S/C28H24ClN3O6S/c1-3-18-4-9-21(10-5-18)31-27(34)24(30(28(31)39)16-26(33)37-2)15-20-8-13-25(23(29)14-20)38-17-19-6-11-22(12-7-19)32(35)36/h4-15H,3,16-17H2,1-2H3/b24-15-. The average molecular weight is 566 g/mol. The molecule has 0 saturated carbocycles. The Labute approximate surface area is 235 Å². The van der Waals surface area contributed by atoms with Gasteiger partial charge in [-0.15, -0.1) is 0 Å². The molecule has 0 bridgehead atoms. The number of carbonyl (C=O) groups is 2.